The molecular weight excluding hydrogens is 313 g/mol. The van der Waals surface area contributed by atoms with Crippen LogP contribution in [0, 0.1) is 0 Å². The SMILES string of the molecule is COC(=O)C(C)(NCC1CCCO1)c1cccc(Cl)c1Cl. The predicted octanol–water partition coefficient (Wildman–Crippen LogP) is 3.15. The van der Waals surface area contributed by atoms with Gasteiger partial charge in [-0.3, -0.25) is 5.32 Å². The van der Waals surface area contributed by atoms with Crippen LogP contribution < -0.4 is 5.32 Å². The topological polar surface area (TPSA) is 47.6 Å². The van der Waals surface area contributed by atoms with Crippen LogP contribution >= 0.6 is 23.2 Å². The maximum absolute atomic E-state index is 12.3. The molecule has 0 saturated carbocycles. The van der Waals surface area contributed by atoms with E-state index in [1.165, 1.54) is 7.11 Å². The van der Waals surface area contributed by atoms with Crippen LogP contribution in [0.1, 0.15) is 25.3 Å². The second-order valence-corrected chi connectivity index (χ2v) is 6.02. The molecule has 1 N–H and O–H groups in total. The molecule has 0 amide bonds. The van der Waals surface area contributed by atoms with E-state index in [2.05, 4.69) is 5.32 Å². The molecule has 2 unspecified atom stereocenters. The minimum absolute atomic E-state index is 0.104. The Balaban J connectivity index is 2.27. The Kier molecular flexibility index (Phi) is 5.49. The lowest BCUT2D eigenvalue weighted by molar-refractivity contribution is -0.148. The largest absolute Gasteiger partial charge is 0.467 e. The molecule has 1 aliphatic heterocycles. The number of nitrogens with one attached hydrogen (secondary N) is 1. The zero-order valence-corrected chi connectivity index (χ0v) is 13.6. The molecule has 0 radical (unpaired) electrons. The second kappa shape index (κ2) is 6.97. The van der Waals surface area contributed by atoms with Gasteiger partial charge in [0.2, 0.25) is 0 Å². The first-order valence-electron chi connectivity index (χ1n) is 6.88. The van der Waals surface area contributed by atoms with Crippen molar-refractivity contribution >= 4 is 29.2 Å². The molecule has 2 atom stereocenters. The summed E-state index contributed by atoms with van der Waals surface area (Å²) in [5.74, 6) is -0.412. The van der Waals surface area contributed by atoms with Crippen LogP contribution in [0.15, 0.2) is 18.2 Å². The molecule has 1 aromatic carbocycles. The second-order valence-electron chi connectivity index (χ2n) is 5.23. The molecule has 2 rings (SSSR count). The summed E-state index contributed by atoms with van der Waals surface area (Å²) in [4.78, 5) is 12.3. The lowest BCUT2D eigenvalue weighted by atomic mass is 9.91. The van der Waals surface area contributed by atoms with Crippen molar-refractivity contribution in [2.45, 2.75) is 31.4 Å². The number of carbonyl (C=O) groups excluding carboxylic acids is 1. The third kappa shape index (κ3) is 3.51. The van der Waals surface area contributed by atoms with E-state index in [-0.39, 0.29) is 6.10 Å². The van der Waals surface area contributed by atoms with Crippen molar-refractivity contribution in [1.82, 2.24) is 5.32 Å². The van der Waals surface area contributed by atoms with Gasteiger partial charge in [0.05, 0.1) is 23.3 Å². The summed E-state index contributed by atoms with van der Waals surface area (Å²) in [6.45, 7) is 3.05. The number of carbonyl (C=O) groups is 1. The number of halogens is 2. The molecule has 0 bridgehead atoms. The van der Waals surface area contributed by atoms with Crippen molar-refractivity contribution in [3.63, 3.8) is 0 Å². The first-order valence-corrected chi connectivity index (χ1v) is 7.64. The Morgan fingerprint density at radius 1 is 1.52 bits per heavy atom. The van der Waals surface area contributed by atoms with Crippen LogP contribution in [-0.2, 0) is 19.8 Å². The third-order valence-electron chi connectivity index (χ3n) is 3.79. The van der Waals surface area contributed by atoms with Crippen LogP contribution in [0.3, 0.4) is 0 Å². The molecule has 1 heterocycles. The molecule has 21 heavy (non-hydrogen) atoms. The highest BCUT2D eigenvalue weighted by atomic mass is 35.5. The first kappa shape index (κ1) is 16.6. The monoisotopic (exact) mass is 331 g/mol. The lowest BCUT2D eigenvalue weighted by Crippen LogP contribution is -2.50. The Bertz CT molecular complexity index is 518. The van der Waals surface area contributed by atoms with E-state index in [0.29, 0.717) is 22.2 Å². The molecule has 1 aromatic rings. The summed E-state index contributed by atoms with van der Waals surface area (Å²) >= 11 is 12.3. The van der Waals surface area contributed by atoms with Crippen LogP contribution in [0.5, 0.6) is 0 Å². The average Bonchev–Trinajstić information content (AvgIpc) is 3.00. The van der Waals surface area contributed by atoms with Crippen molar-refractivity contribution in [3.05, 3.63) is 33.8 Å². The maximum atomic E-state index is 12.3. The summed E-state index contributed by atoms with van der Waals surface area (Å²) in [5, 5.41) is 3.99. The highest BCUT2D eigenvalue weighted by molar-refractivity contribution is 6.42. The minimum atomic E-state index is -1.07. The van der Waals surface area contributed by atoms with Crippen molar-refractivity contribution in [2.75, 3.05) is 20.3 Å². The van der Waals surface area contributed by atoms with Gasteiger partial charge in [-0.05, 0) is 25.8 Å². The van der Waals surface area contributed by atoms with Crippen LogP contribution in [0.4, 0.5) is 0 Å². The van der Waals surface area contributed by atoms with E-state index in [0.717, 1.165) is 19.4 Å². The summed E-state index contributed by atoms with van der Waals surface area (Å²) < 4.78 is 10.5. The van der Waals surface area contributed by atoms with E-state index >= 15 is 0 Å². The smallest absolute Gasteiger partial charge is 0.330 e. The molecule has 4 nitrogen and oxygen atoms in total. The Morgan fingerprint density at radius 2 is 2.29 bits per heavy atom. The zero-order chi connectivity index (χ0) is 15.5. The molecule has 1 fully saturated rings. The van der Waals surface area contributed by atoms with Crippen molar-refractivity contribution in [2.24, 2.45) is 0 Å². The van der Waals surface area contributed by atoms with E-state index in [9.17, 15) is 4.79 Å². The molecular formula is C15H19Cl2NO3. The van der Waals surface area contributed by atoms with Gasteiger partial charge in [-0.1, -0.05) is 35.3 Å². The Labute approximate surface area is 134 Å². The number of benzene rings is 1. The highest BCUT2D eigenvalue weighted by Gasteiger charge is 2.39. The molecule has 0 aliphatic carbocycles. The van der Waals surface area contributed by atoms with Crippen molar-refractivity contribution in [3.8, 4) is 0 Å². The van der Waals surface area contributed by atoms with Gasteiger partial charge in [0, 0.05) is 18.7 Å². The first-order chi connectivity index (χ1) is 9.99. The standard InChI is InChI=1S/C15H19Cl2NO3/c1-15(14(19)20-2,18-9-10-5-4-8-21-10)11-6-3-7-12(16)13(11)17/h3,6-7,10,18H,4-5,8-9H2,1-2H3. The highest BCUT2D eigenvalue weighted by Crippen LogP contribution is 2.34. The van der Waals surface area contributed by atoms with E-state index in [1.54, 1.807) is 25.1 Å². The molecule has 0 spiro atoms. The fourth-order valence-corrected chi connectivity index (χ4v) is 2.98. The summed E-state index contributed by atoms with van der Waals surface area (Å²) in [7, 11) is 1.35. The number of ether oxygens (including phenoxy) is 2. The van der Waals surface area contributed by atoms with E-state index in [4.69, 9.17) is 32.7 Å². The summed E-state index contributed by atoms with van der Waals surface area (Å²) in [6, 6.07) is 5.22. The fraction of sp³-hybridized carbons (Fsp3) is 0.533. The molecule has 1 saturated heterocycles. The van der Waals surface area contributed by atoms with Gasteiger partial charge >= 0.3 is 5.97 Å². The predicted molar refractivity (Wildman–Crippen MR) is 82.8 cm³/mol. The van der Waals surface area contributed by atoms with Crippen molar-refractivity contribution in [1.29, 1.82) is 0 Å². The quantitative estimate of drug-likeness (QED) is 0.842. The van der Waals surface area contributed by atoms with Gasteiger partial charge in [0.15, 0.2) is 0 Å². The van der Waals surface area contributed by atoms with Crippen molar-refractivity contribution < 1.29 is 14.3 Å². The Morgan fingerprint density at radius 3 is 2.90 bits per heavy atom. The van der Waals surface area contributed by atoms with E-state index < -0.39 is 11.5 Å². The summed E-state index contributed by atoms with van der Waals surface area (Å²) in [6.07, 6.45) is 2.12. The third-order valence-corrected chi connectivity index (χ3v) is 4.61. The number of hydrogen-bond donors (Lipinski definition) is 1. The Hall–Kier alpha value is -0.810. The zero-order valence-electron chi connectivity index (χ0n) is 12.1. The van der Waals surface area contributed by atoms with Gasteiger partial charge in [-0.2, -0.15) is 0 Å². The van der Waals surface area contributed by atoms with E-state index in [1.807, 2.05) is 0 Å². The van der Waals surface area contributed by atoms with Gasteiger partial charge < -0.3 is 9.47 Å². The minimum Gasteiger partial charge on any atom is -0.467 e. The molecule has 0 aromatic heterocycles. The van der Waals surface area contributed by atoms with Gasteiger partial charge in [0.1, 0.15) is 5.54 Å². The number of rotatable bonds is 5. The number of hydrogen-bond acceptors (Lipinski definition) is 4. The normalized spacial score (nSPS) is 21.0. The number of esters is 1. The van der Waals surface area contributed by atoms with Gasteiger partial charge in [-0.25, -0.2) is 4.79 Å². The molecule has 6 heteroatoms. The molecule has 1 aliphatic rings. The fourth-order valence-electron chi connectivity index (χ4n) is 2.49. The maximum Gasteiger partial charge on any atom is 0.330 e. The summed E-state index contributed by atoms with van der Waals surface area (Å²) in [5.41, 5.74) is -0.468. The molecule has 116 valence electrons. The van der Waals surface area contributed by atoms with Crippen LogP contribution in [-0.4, -0.2) is 32.3 Å². The van der Waals surface area contributed by atoms with Crippen LogP contribution in [0.25, 0.3) is 0 Å². The average molecular weight is 332 g/mol. The van der Waals surface area contributed by atoms with Gasteiger partial charge in [0.25, 0.3) is 0 Å². The van der Waals surface area contributed by atoms with Crippen LogP contribution in [0.2, 0.25) is 10.0 Å². The number of methoxy groups -OCH3 is 1. The lowest BCUT2D eigenvalue weighted by Gasteiger charge is -2.30. The van der Waals surface area contributed by atoms with Gasteiger partial charge in [-0.15, -0.1) is 0 Å².